The molecule has 0 aliphatic carbocycles. The SMILES string of the molecule is Cc1cc(Nc2nc(N)c(F)c(N3CCOCC3)n2)n[nH]1. The van der Waals surface area contributed by atoms with Crippen molar-refractivity contribution in [2.45, 2.75) is 6.92 Å². The second-order valence-corrected chi connectivity index (χ2v) is 4.73. The molecule has 2 aromatic rings. The predicted molar refractivity (Wildman–Crippen MR) is 76.0 cm³/mol. The summed E-state index contributed by atoms with van der Waals surface area (Å²) in [4.78, 5) is 9.89. The first-order chi connectivity index (χ1) is 10.1. The molecule has 0 aromatic carbocycles. The normalized spacial score (nSPS) is 15.2. The molecule has 2 aromatic heterocycles. The Labute approximate surface area is 120 Å². The lowest BCUT2D eigenvalue weighted by Crippen LogP contribution is -2.37. The van der Waals surface area contributed by atoms with Crippen LogP contribution in [-0.2, 0) is 4.74 Å². The van der Waals surface area contributed by atoms with Crippen LogP contribution in [0, 0.1) is 12.7 Å². The first kappa shape index (κ1) is 13.6. The molecular weight excluding hydrogens is 277 g/mol. The van der Waals surface area contributed by atoms with Crippen molar-refractivity contribution < 1.29 is 9.13 Å². The van der Waals surface area contributed by atoms with E-state index in [1.54, 1.807) is 11.0 Å². The molecule has 0 amide bonds. The smallest absolute Gasteiger partial charge is 0.232 e. The minimum Gasteiger partial charge on any atom is -0.381 e. The van der Waals surface area contributed by atoms with E-state index < -0.39 is 5.82 Å². The number of aromatic amines is 1. The van der Waals surface area contributed by atoms with Crippen LogP contribution in [0.5, 0.6) is 0 Å². The van der Waals surface area contributed by atoms with Crippen LogP contribution in [-0.4, -0.2) is 46.5 Å². The summed E-state index contributed by atoms with van der Waals surface area (Å²) >= 11 is 0. The van der Waals surface area contributed by atoms with Crippen molar-refractivity contribution in [3.8, 4) is 0 Å². The Morgan fingerprint density at radius 3 is 2.81 bits per heavy atom. The zero-order chi connectivity index (χ0) is 14.8. The average Bonchev–Trinajstić information content (AvgIpc) is 2.89. The number of nitrogens with two attached hydrogens (primary N) is 1. The molecule has 1 aliphatic rings. The van der Waals surface area contributed by atoms with Crippen molar-refractivity contribution in [1.29, 1.82) is 0 Å². The summed E-state index contributed by atoms with van der Waals surface area (Å²) in [6.45, 7) is 4.06. The topological polar surface area (TPSA) is 105 Å². The lowest BCUT2D eigenvalue weighted by Gasteiger charge is -2.28. The van der Waals surface area contributed by atoms with E-state index >= 15 is 0 Å². The van der Waals surface area contributed by atoms with E-state index in [-0.39, 0.29) is 17.6 Å². The Morgan fingerprint density at radius 1 is 1.38 bits per heavy atom. The maximum Gasteiger partial charge on any atom is 0.232 e. The molecule has 0 unspecified atom stereocenters. The number of ether oxygens (including phenoxy) is 1. The first-order valence-electron chi connectivity index (χ1n) is 6.58. The average molecular weight is 293 g/mol. The lowest BCUT2D eigenvalue weighted by molar-refractivity contribution is 0.122. The maximum absolute atomic E-state index is 14.1. The number of H-pyrrole nitrogens is 1. The number of aryl methyl sites for hydroxylation is 1. The third kappa shape index (κ3) is 2.87. The van der Waals surface area contributed by atoms with Crippen molar-refractivity contribution in [2.24, 2.45) is 0 Å². The molecule has 0 bridgehead atoms. The molecule has 4 N–H and O–H groups in total. The quantitative estimate of drug-likeness (QED) is 0.769. The zero-order valence-corrected chi connectivity index (χ0v) is 11.6. The van der Waals surface area contributed by atoms with Gasteiger partial charge in [0.2, 0.25) is 11.8 Å². The van der Waals surface area contributed by atoms with Gasteiger partial charge in [0.05, 0.1) is 13.2 Å². The van der Waals surface area contributed by atoms with Crippen LogP contribution in [0.1, 0.15) is 5.69 Å². The van der Waals surface area contributed by atoms with Crippen molar-refractivity contribution >= 4 is 23.4 Å². The van der Waals surface area contributed by atoms with Crippen LogP contribution in [0.3, 0.4) is 0 Å². The molecule has 3 rings (SSSR count). The van der Waals surface area contributed by atoms with Crippen molar-refractivity contribution in [2.75, 3.05) is 42.3 Å². The Hall–Kier alpha value is -2.42. The second kappa shape index (κ2) is 5.52. The van der Waals surface area contributed by atoms with Gasteiger partial charge in [-0.15, -0.1) is 0 Å². The number of morpholine rings is 1. The number of anilines is 4. The van der Waals surface area contributed by atoms with Gasteiger partial charge in [-0.3, -0.25) is 5.10 Å². The summed E-state index contributed by atoms with van der Waals surface area (Å²) in [5.74, 6) is 0.135. The second-order valence-electron chi connectivity index (χ2n) is 4.73. The highest BCUT2D eigenvalue weighted by Gasteiger charge is 2.20. The van der Waals surface area contributed by atoms with Gasteiger partial charge in [0, 0.05) is 24.8 Å². The molecule has 0 saturated carbocycles. The molecule has 1 aliphatic heterocycles. The number of nitrogen functional groups attached to an aromatic ring is 1. The highest BCUT2D eigenvalue weighted by Crippen LogP contribution is 2.24. The molecule has 0 atom stereocenters. The number of hydrogen-bond acceptors (Lipinski definition) is 7. The van der Waals surface area contributed by atoms with Gasteiger partial charge >= 0.3 is 0 Å². The number of nitrogens with zero attached hydrogens (tertiary/aromatic N) is 4. The number of rotatable bonds is 3. The van der Waals surface area contributed by atoms with Crippen molar-refractivity contribution in [3.63, 3.8) is 0 Å². The van der Waals surface area contributed by atoms with Crippen LogP contribution in [0.25, 0.3) is 0 Å². The van der Waals surface area contributed by atoms with Gasteiger partial charge in [-0.25, -0.2) is 0 Å². The Bertz CT molecular complexity index is 639. The van der Waals surface area contributed by atoms with Gasteiger partial charge < -0.3 is 20.7 Å². The number of hydrogen-bond donors (Lipinski definition) is 3. The van der Waals surface area contributed by atoms with Crippen molar-refractivity contribution in [1.82, 2.24) is 20.2 Å². The van der Waals surface area contributed by atoms with Gasteiger partial charge in [0.1, 0.15) is 0 Å². The van der Waals surface area contributed by atoms with E-state index in [1.165, 1.54) is 0 Å². The lowest BCUT2D eigenvalue weighted by atomic mass is 10.4. The molecule has 1 fully saturated rings. The number of nitrogens with one attached hydrogen (secondary N) is 2. The molecule has 0 radical (unpaired) electrons. The Kier molecular flexibility index (Phi) is 3.57. The highest BCUT2D eigenvalue weighted by atomic mass is 19.1. The number of aromatic nitrogens is 4. The predicted octanol–water partition coefficient (Wildman–Crippen LogP) is 0.810. The Morgan fingerprint density at radius 2 is 2.14 bits per heavy atom. The fourth-order valence-corrected chi connectivity index (χ4v) is 2.09. The van der Waals surface area contributed by atoms with Crippen LogP contribution < -0.4 is 16.0 Å². The molecule has 3 heterocycles. The van der Waals surface area contributed by atoms with Gasteiger partial charge in [0.15, 0.2) is 17.5 Å². The van der Waals surface area contributed by atoms with E-state index in [4.69, 9.17) is 10.5 Å². The molecule has 9 heteroatoms. The maximum atomic E-state index is 14.1. The minimum absolute atomic E-state index is 0.181. The van der Waals surface area contributed by atoms with Crippen molar-refractivity contribution in [3.05, 3.63) is 17.6 Å². The molecular formula is C12H16FN7O. The molecule has 8 nitrogen and oxygen atoms in total. The van der Waals surface area contributed by atoms with E-state index in [1.807, 2.05) is 6.92 Å². The first-order valence-corrected chi connectivity index (χ1v) is 6.58. The van der Waals surface area contributed by atoms with E-state index in [9.17, 15) is 4.39 Å². The molecule has 1 saturated heterocycles. The highest BCUT2D eigenvalue weighted by molar-refractivity contribution is 5.57. The summed E-state index contributed by atoms with van der Waals surface area (Å²) in [6, 6.07) is 1.79. The van der Waals surface area contributed by atoms with Crippen LogP contribution in [0.4, 0.5) is 27.8 Å². The van der Waals surface area contributed by atoms with Crippen LogP contribution in [0.2, 0.25) is 0 Å². The third-order valence-corrected chi connectivity index (χ3v) is 3.12. The standard InChI is InChI=1S/C12H16FN7O/c1-7-6-8(19-18-7)15-12-16-10(14)9(13)11(17-12)20-2-4-21-5-3-20/h6H,2-5H2,1H3,(H4,14,15,16,17,18,19). The van der Waals surface area contributed by atoms with E-state index in [0.29, 0.717) is 32.1 Å². The zero-order valence-electron chi connectivity index (χ0n) is 11.6. The largest absolute Gasteiger partial charge is 0.381 e. The third-order valence-electron chi connectivity index (χ3n) is 3.12. The number of halogens is 1. The van der Waals surface area contributed by atoms with E-state index in [0.717, 1.165) is 5.69 Å². The van der Waals surface area contributed by atoms with Crippen LogP contribution in [0.15, 0.2) is 6.07 Å². The summed E-state index contributed by atoms with van der Waals surface area (Å²) in [5, 5.41) is 9.72. The minimum atomic E-state index is -0.611. The summed E-state index contributed by atoms with van der Waals surface area (Å²) in [6.07, 6.45) is 0. The summed E-state index contributed by atoms with van der Waals surface area (Å²) in [7, 11) is 0. The summed E-state index contributed by atoms with van der Waals surface area (Å²) in [5.41, 5.74) is 6.52. The fraction of sp³-hybridized carbons (Fsp3) is 0.417. The molecule has 112 valence electrons. The molecule has 0 spiro atoms. The Balaban J connectivity index is 1.89. The van der Waals surface area contributed by atoms with Gasteiger partial charge in [-0.1, -0.05) is 0 Å². The van der Waals surface area contributed by atoms with Gasteiger partial charge in [0.25, 0.3) is 0 Å². The fourth-order valence-electron chi connectivity index (χ4n) is 2.09. The molecule has 21 heavy (non-hydrogen) atoms. The monoisotopic (exact) mass is 293 g/mol. The van der Waals surface area contributed by atoms with Gasteiger partial charge in [-0.2, -0.15) is 19.5 Å². The van der Waals surface area contributed by atoms with Crippen LogP contribution >= 0.6 is 0 Å². The van der Waals surface area contributed by atoms with Gasteiger partial charge in [-0.05, 0) is 6.92 Å². The summed E-state index contributed by atoms with van der Waals surface area (Å²) < 4.78 is 19.4. The van der Waals surface area contributed by atoms with E-state index in [2.05, 4.69) is 25.5 Å².